The minimum atomic E-state index is -4.08. The van der Waals surface area contributed by atoms with Crippen LogP contribution in [0, 0.1) is 11.7 Å². The fourth-order valence-corrected chi connectivity index (χ4v) is 2.86. The lowest BCUT2D eigenvalue weighted by Gasteiger charge is -2.31. The highest BCUT2D eigenvalue weighted by molar-refractivity contribution is 9.10. The lowest BCUT2D eigenvalue weighted by molar-refractivity contribution is -0.182. The highest BCUT2D eigenvalue weighted by atomic mass is 79.9. The van der Waals surface area contributed by atoms with Gasteiger partial charge in [-0.3, -0.25) is 0 Å². The maximum absolute atomic E-state index is 12.9. The summed E-state index contributed by atoms with van der Waals surface area (Å²) in [7, 11) is 0. The SMILES string of the molecule is Fc1ccc(NC2CCC(C(F)(F)F)CC2)c(Br)c1. The molecule has 0 unspecified atom stereocenters. The van der Waals surface area contributed by atoms with Crippen molar-refractivity contribution in [1.29, 1.82) is 0 Å². The van der Waals surface area contributed by atoms with E-state index in [1.807, 2.05) is 0 Å². The van der Waals surface area contributed by atoms with Gasteiger partial charge in [0, 0.05) is 16.2 Å². The van der Waals surface area contributed by atoms with Gasteiger partial charge in [-0.05, 0) is 59.8 Å². The van der Waals surface area contributed by atoms with E-state index in [2.05, 4.69) is 21.2 Å². The van der Waals surface area contributed by atoms with Gasteiger partial charge in [-0.2, -0.15) is 13.2 Å². The molecule has 1 aromatic rings. The monoisotopic (exact) mass is 339 g/mol. The van der Waals surface area contributed by atoms with Gasteiger partial charge in [0.05, 0.1) is 5.92 Å². The number of rotatable bonds is 2. The van der Waals surface area contributed by atoms with Crippen molar-refractivity contribution in [3.63, 3.8) is 0 Å². The summed E-state index contributed by atoms with van der Waals surface area (Å²) in [5.74, 6) is -1.53. The molecular formula is C13H14BrF4N. The molecule has 1 aromatic carbocycles. The van der Waals surface area contributed by atoms with E-state index in [9.17, 15) is 17.6 Å². The van der Waals surface area contributed by atoms with Crippen molar-refractivity contribution < 1.29 is 17.6 Å². The van der Waals surface area contributed by atoms with Crippen molar-refractivity contribution in [3.8, 4) is 0 Å². The van der Waals surface area contributed by atoms with Gasteiger partial charge in [0.1, 0.15) is 5.82 Å². The summed E-state index contributed by atoms with van der Waals surface area (Å²) in [6, 6.07) is 4.27. The topological polar surface area (TPSA) is 12.0 Å². The van der Waals surface area contributed by atoms with Crippen molar-refractivity contribution in [2.45, 2.75) is 37.9 Å². The number of hydrogen-bond donors (Lipinski definition) is 1. The van der Waals surface area contributed by atoms with Crippen LogP contribution in [0.25, 0.3) is 0 Å². The molecule has 0 heterocycles. The van der Waals surface area contributed by atoms with Crippen LogP contribution in [0.5, 0.6) is 0 Å². The third-order valence-electron chi connectivity index (χ3n) is 3.48. The number of alkyl halides is 3. The summed E-state index contributed by atoms with van der Waals surface area (Å²) >= 11 is 3.24. The molecule has 0 spiro atoms. The maximum Gasteiger partial charge on any atom is 0.391 e. The fourth-order valence-electron chi connectivity index (χ4n) is 2.39. The fraction of sp³-hybridized carbons (Fsp3) is 0.538. The quantitative estimate of drug-likeness (QED) is 0.737. The number of nitrogens with one attached hydrogen (secondary N) is 1. The smallest absolute Gasteiger partial charge is 0.381 e. The largest absolute Gasteiger partial charge is 0.391 e. The molecule has 1 nitrogen and oxygen atoms in total. The Labute approximate surface area is 117 Å². The summed E-state index contributed by atoms with van der Waals surface area (Å²) in [4.78, 5) is 0. The highest BCUT2D eigenvalue weighted by Crippen LogP contribution is 2.38. The second-order valence-electron chi connectivity index (χ2n) is 4.86. The van der Waals surface area contributed by atoms with Crippen LogP contribution in [-0.4, -0.2) is 12.2 Å². The Balaban J connectivity index is 1.92. The minimum absolute atomic E-state index is 0.0142. The molecule has 106 valence electrons. The van der Waals surface area contributed by atoms with E-state index in [1.54, 1.807) is 6.07 Å². The Hall–Kier alpha value is -0.780. The predicted octanol–water partition coefficient (Wildman–Crippen LogP) is 5.12. The lowest BCUT2D eigenvalue weighted by atomic mass is 9.85. The van der Waals surface area contributed by atoms with Crippen LogP contribution < -0.4 is 5.32 Å². The Morgan fingerprint density at radius 3 is 2.26 bits per heavy atom. The molecule has 19 heavy (non-hydrogen) atoms. The van der Waals surface area contributed by atoms with E-state index in [4.69, 9.17) is 0 Å². The molecule has 0 amide bonds. The second-order valence-corrected chi connectivity index (χ2v) is 5.71. The summed E-state index contributed by atoms with van der Waals surface area (Å²) in [5.41, 5.74) is 0.719. The molecule has 6 heteroatoms. The van der Waals surface area contributed by atoms with Crippen molar-refractivity contribution >= 4 is 21.6 Å². The van der Waals surface area contributed by atoms with Crippen molar-refractivity contribution in [2.24, 2.45) is 5.92 Å². The van der Waals surface area contributed by atoms with Crippen LogP contribution in [-0.2, 0) is 0 Å². The average Bonchev–Trinajstić information content (AvgIpc) is 2.32. The Bertz CT molecular complexity index is 439. The maximum atomic E-state index is 12.9. The van der Waals surface area contributed by atoms with Gasteiger partial charge in [0.25, 0.3) is 0 Å². The normalized spacial score (nSPS) is 24.3. The van der Waals surface area contributed by atoms with E-state index < -0.39 is 12.1 Å². The Morgan fingerprint density at radius 2 is 1.74 bits per heavy atom. The van der Waals surface area contributed by atoms with E-state index >= 15 is 0 Å². The second kappa shape index (κ2) is 5.69. The van der Waals surface area contributed by atoms with E-state index in [0.29, 0.717) is 17.3 Å². The van der Waals surface area contributed by atoms with E-state index in [-0.39, 0.29) is 24.7 Å². The van der Waals surface area contributed by atoms with Crippen LogP contribution in [0.2, 0.25) is 0 Å². The molecule has 1 N–H and O–H groups in total. The molecule has 1 aliphatic rings. The number of halogens is 5. The average molecular weight is 340 g/mol. The number of hydrogen-bond acceptors (Lipinski definition) is 1. The van der Waals surface area contributed by atoms with Gasteiger partial charge < -0.3 is 5.32 Å². The van der Waals surface area contributed by atoms with Gasteiger partial charge in [-0.25, -0.2) is 4.39 Å². The van der Waals surface area contributed by atoms with Crippen LogP contribution in [0.15, 0.2) is 22.7 Å². The zero-order valence-electron chi connectivity index (χ0n) is 10.1. The Morgan fingerprint density at radius 1 is 1.11 bits per heavy atom. The van der Waals surface area contributed by atoms with Gasteiger partial charge in [-0.1, -0.05) is 0 Å². The minimum Gasteiger partial charge on any atom is -0.381 e. The molecule has 2 rings (SSSR count). The summed E-state index contributed by atoms with van der Waals surface area (Å²) in [5, 5.41) is 3.17. The standard InChI is InChI=1S/C13H14BrF4N/c14-11-7-9(15)3-6-12(11)19-10-4-1-8(2-5-10)13(16,17)18/h3,6-8,10,19H,1-2,4-5H2. The molecule has 0 aromatic heterocycles. The summed E-state index contributed by atoms with van der Waals surface area (Å²) in [6.45, 7) is 0. The zero-order chi connectivity index (χ0) is 14.0. The van der Waals surface area contributed by atoms with E-state index in [0.717, 1.165) is 5.69 Å². The van der Waals surface area contributed by atoms with Gasteiger partial charge in [0.2, 0.25) is 0 Å². The molecule has 0 atom stereocenters. The first-order valence-electron chi connectivity index (χ1n) is 6.14. The highest BCUT2D eigenvalue weighted by Gasteiger charge is 2.41. The van der Waals surface area contributed by atoms with Crippen LogP contribution in [0.1, 0.15) is 25.7 Å². The molecule has 1 aliphatic carbocycles. The predicted molar refractivity (Wildman–Crippen MR) is 69.5 cm³/mol. The third kappa shape index (κ3) is 3.84. The van der Waals surface area contributed by atoms with Crippen molar-refractivity contribution in [3.05, 3.63) is 28.5 Å². The molecule has 1 saturated carbocycles. The number of anilines is 1. The molecule has 0 radical (unpaired) electrons. The molecule has 0 aliphatic heterocycles. The molecular weight excluding hydrogens is 326 g/mol. The molecule has 1 fully saturated rings. The van der Waals surface area contributed by atoms with Crippen LogP contribution in [0.3, 0.4) is 0 Å². The Kier molecular flexibility index (Phi) is 4.38. The third-order valence-corrected chi connectivity index (χ3v) is 4.14. The van der Waals surface area contributed by atoms with Crippen LogP contribution >= 0.6 is 15.9 Å². The summed E-state index contributed by atoms with van der Waals surface area (Å²) in [6.07, 6.45) is -2.82. The first-order valence-corrected chi connectivity index (χ1v) is 6.94. The van der Waals surface area contributed by atoms with E-state index in [1.165, 1.54) is 12.1 Å². The first kappa shape index (κ1) is 14.6. The summed E-state index contributed by atoms with van der Waals surface area (Å²) < 4.78 is 51.1. The lowest BCUT2D eigenvalue weighted by Crippen LogP contribution is -2.32. The van der Waals surface area contributed by atoms with Gasteiger partial charge in [0.15, 0.2) is 0 Å². The van der Waals surface area contributed by atoms with Crippen molar-refractivity contribution in [2.75, 3.05) is 5.32 Å². The first-order chi connectivity index (χ1) is 8.86. The molecule has 0 bridgehead atoms. The van der Waals surface area contributed by atoms with Gasteiger partial charge in [-0.15, -0.1) is 0 Å². The van der Waals surface area contributed by atoms with Crippen molar-refractivity contribution in [1.82, 2.24) is 0 Å². The van der Waals surface area contributed by atoms with Crippen LogP contribution in [0.4, 0.5) is 23.2 Å². The van der Waals surface area contributed by atoms with Gasteiger partial charge >= 0.3 is 6.18 Å². The number of benzene rings is 1. The molecule has 0 saturated heterocycles. The zero-order valence-corrected chi connectivity index (χ0v) is 11.7.